The van der Waals surface area contributed by atoms with Crippen molar-refractivity contribution in [1.29, 1.82) is 0 Å². The van der Waals surface area contributed by atoms with E-state index in [0.29, 0.717) is 17.2 Å². The van der Waals surface area contributed by atoms with Gasteiger partial charge in [0, 0.05) is 6.04 Å². The Morgan fingerprint density at radius 1 is 1.57 bits per heavy atom. The number of aromatic nitrogens is 2. The number of aliphatic imine (C=N–C) groups is 1. The van der Waals surface area contributed by atoms with E-state index in [0.717, 1.165) is 0 Å². The van der Waals surface area contributed by atoms with Crippen LogP contribution in [0.5, 0.6) is 0 Å². The van der Waals surface area contributed by atoms with Crippen LogP contribution in [-0.2, 0) is 0 Å². The van der Waals surface area contributed by atoms with Gasteiger partial charge in [0.15, 0.2) is 5.82 Å². The van der Waals surface area contributed by atoms with Gasteiger partial charge in [-0.25, -0.2) is 9.97 Å². The first-order valence-electron chi connectivity index (χ1n) is 4.41. The molecule has 0 saturated carbocycles. The van der Waals surface area contributed by atoms with E-state index in [4.69, 9.17) is 5.73 Å². The topological polar surface area (TPSA) is 64.2 Å². The van der Waals surface area contributed by atoms with Gasteiger partial charge in [0.05, 0.1) is 18.1 Å². The van der Waals surface area contributed by atoms with Crippen LogP contribution in [0.3, 0.4) is 0 Å². The third-order valence-corrected chi connectivity index (χ3v) is 1.55. The van der Waals surface area contributed by atoms with Gasteiger partial charge in [-0.05, 0) is 19.9 Å². The summed E-state index contributed by atoms with van der Waals surface area (Å²) in [6.45, 7) is 7.58. The summed E-state index contributed by atoms with van der Waals surface area (Å²) in [6.07, 6.45) is 4.84. The van der Waals surface area contributed by atoms with Gasteiger partial charge >= 0.3 is 0 Å². The molecule has 0 bridgehead atoms. The molecule has 0 radical (unpaired) electrons. The average molecular weight is 190 g/mol. The molecule has 74 valence electrons. The van der Waals surface area contributed by atoms with Crippen molar-refractivity contribution in [3.8, 4) is 0 Å². The van der Waals surface area contributed by atoms with Gasteiger partial charge in [0.25, 0.3) is 0 Å². The van der Waals surface area contributed by atoms with Crippen LogP contribution in [0.2, 0.25) is 0 Å². The Morgan fingerprint density at radius 3 is 2.86 bits per heavy atom. The summed E-state index contributed by atoms with van der Waals surface area (Å²) >= 11 is 0. The molecule has 0 atom stereocenters. The summed E-state index contributed by atoms with van der Waals surface area (Å²) < 4.78 is 0. The van der Waals surface area contributed by atoms with Crippen LogP contribution < -0.4 is 5.73 Å². The van der Waals surface area contributed by atoms with Crippen molar-refractivity contribution in [3.63, 3.8) is 0 Å². The Hall–Kier alpha value is -1.71. The van der Waals surface area contributed by atoms with Crippen LogP contribution >= 0.6 is 0 Å². The maximum Gasteiger partial charge on any atom is 0.151 e. The minimum atomic E-state index is 0.226. The van der Waals surface area contributed by atoms with E-state index in [1.807, 2.05) is 13.8 Å². The van der Waals surface area contributed by atoms with Crippen LogP contribution in [0, 0.1) is 0 Å². The van der Waals surface area contributed by atoms with Crippen LogP contribution in [0.1, 0.15) is 25.2 Å². The molecule has 1 heterocycles. The van der Waals surface area contributed by atoms with E-state index in [-0.39, 0.29) is 6.04 Å². The summed E-state index contributed by atoms with van der Waals surface area (Å²) in [5.74, 6) is 0.389. The molecule has 1 aromatic heterocycles. The van der Waals surface area contributed by atoms with E-state index < -0.39 is 0 Å². The maximum atomic E-state index is 5.63. The van der Waals surface area contributed by atoms with Crippen LogP contribution in [0.4, 0.5) is 5.82 Å². The van der Waals surface area contributed by atoms with Gasteiger partial charge in [0.1, 0.15) is 5.69 Å². The number of nitrogens with zero attached hydrogens (tertiary/aromatic N) is 3. The van der Waals surface area contributed by atoms with Gasteiger partial charge in [-0.2, -0.15) is 0 Å². The maximum absolute atomic E-state index is 5.63. The molecule has 0 unspecified atom stereocenters. The molecule has 0 aromatic carbocycles. The third kappa shape index (κ3) is 2.65. The lowest BCUT2D eigenvalue weighted by Crippen LogP contribution is -2.02. The molecule has 14 heavy (non-hydrogen) atoms. The smallest absolute Gasteiger partial charge is 0.151 e. The molecule has 0 aliphatic rings. The molecule has 4 nitrogen and oxygen atoms in total. The molecule has 1 rings (SSSR count). The molecule has 0 amide bonds. The fourth-order valence-corrected chi connectivity index (χ4v) is 0.840. The highest BCUT2D eigenvalue weighted by atomic mass is 14.9. The highest BCUT2D eigenvalue weighted by Crippen LogP contribution is 2.04. The van der Waals surface area contributed by atoms with Crippen molar-refractivity contribution in [1.82, 2.24) is 9.97 Å². The molecular weight excluding hydrogens is 176 g/mol. The monoisotopic (exact) mass is 190 g/mol. The largest absolute Gasteiger partial charge is 0.382 e. The van der Waals surface area contributed by atoms with Crippen molar-refractivity contribution in [2.45, 2.75) is 19.9 Å². The number of hydrogen-bond acceptors (Lipinski definition) is 4. The zero-order chi connectivity index (χ0) is 10.6. The Labute approximate surface area is 83.6 Å². The van der Waals surface area contributed by atoms with E-state index in [2.05, 4.69) is 21.5 Å². The predicted molar refractivity (Wildman–Crippen MR) is 59.3 cm³/mol. The third-order valence-electron chi connectivity index (χ3n) is 1.55. The normalized spacial score (nSPS) is 11.1. The fourth-order valence-electron chi connectivity index (χ4n) is 0.840. The van der Waals surface area contributed by atoms with E-state index in [1.165, 1.54) is 0 Å². The number of nitrogens with two attached hydrogens (primary N) is 1. The van der Waals surface area contributed by atoms with Crippen molar-refractivity contribution in [2.24, 2.45) is 4.99 Å². The van der Waals surface area contributed by atoms with Gasteiger partial charge in [0.2, 0.25) is 0 Å². The van der Waals surface area contributed by atoms with Crippen molar-refractivity contribution in [3.05, 3.63) is 24.2 Å². The minimum Gasteiger partial charge on any atom is -0.382 e. The number of rotatable bonds is 3. The van der Waals surface area contributed by atoms with E-state index in [1.54, 1.807) is 18.5 Å². The second-order valence-corrected chi connectivity index (χ2v) is 3.14. The highest BCUT2D eigenvalue weighted by molar-refractivity contribution is 5.83. The van der Waals surface area contributed by atoms with Crippen LogP contribution in [-0.4, -0.2) is 22.2 Å². The minimum absolute atomic E-state index is 0.226. The van der Waals surface area contributed by atoms with Gasteiger partial charge in [-0.3, -0.25) is 4.99 Å². The van der Waals surface area contributed by atoms with E-state index >= 15 is 0 Å². The van der Waals surface area contributed by atoms with Gasteiger partial charge < -0.3 is 5.73 Å². The molecule has 1 aromatic rings. The molecule has 4 heteroatoms. The zero-order valence-corrected chi connectivity index (χ0v) is 8.44. The lowest BCUT2D eigenvalue weighted by Gasteiger charge is -2.00. The zero-order valence-electron chi connectivity index (χ0n) is 8.44. The molecule has 0 aliphatic heterocycles. The standard InChI is InChI=1S/C10H14N4/c1-4-8-5-13-10(11)9(14-8)6-12-7(2)3/h4-7H,1H2,2-3H3,(H2,11,13). The lowest BCUT2D eigenvalue weighted by molar-refractivity contribution is 0.840. The fraction of sp³-hybridized carbons (Fsp3) is 0.300. The van der Waals surface area contributed by atoms with Crippen LogP contribution in [0.25, 0.3) is 6.08 Å². The molecule has 0 fully saturated rings. The van der Waals surface area contributed by atoms with Crippen molar-refractivity contribution in [2.75, 3.05) is 5.73 Å². The first kappa shape index (κ1) is 10.4. The average Bonchev–Trinajstić information content (AvgIpc) is 2.16. The predicted octanol–water partition coefficient (Wildman–Crippen LogP) is 1.53. The molecular formula is C10H14N4. The Morgan fingerprint density at radius 2 is 2.29 bits per heavy atom. The molecule has 0 saturated heterocycles. The summed E-state index contributed by atoms with van der Waals surface area (Å²) in [7, 11) is 0. The summed E-state index contributed by atoms with van der Waals surface area (Å²) in [5.41, 5.74) is 6.92. The van der Waals surface area contributed by atoms with Gasteiger partial charge in [-0.1, -0.05) is 6.58 Å². The molecule has 0 aliphatic carbocycles. The van der Waals surface area contributed by atoms with Crippen LogP contribution in [0.15, 0.2) is 17.8 Å². The molecule has 0 spiro atoms. The summed E-state index contributed by atoms with van der Waals surface area (Å²) in [4.78, 5) is 12.4. The van der Waals surface area contributed by atoms with Crippen molar-refractivity contribution < 1.29 is 0 Å². The summed E-state index contributed by atoms with van der Waals surface area (Å²) in [5, 5.41) is 0. The van der Waals surface area contributed by atoms with E-state index in [9.17, 15) is 0 Å². The van der Waals surface area contributed by atoms with Crippen molar-refractivity contribution >= 4 is 18.1 Å². The Kier molecular flexibility index (Phi) is 3.34. The lowest BCUT2D eigenvalue weighted by atomic mass is 10.3. The molecule has 2 N–H and O–H groups in total. The second kappa shape index (κ2) is 4.50. The SMILES string of the molecule is C=Cc1cnc(N)c(C=NC(C)C)n1. The van der Waals surface area contributed by atoms with Gasteiger partial charge in [-0.15, -0.1) is 0 Å². The number of hydrogen-bond donors (Lipinski definition) is 1. The first-order chi connectivity index (χ1) is 6.63. The number of anilines is 1. The summed E-state index contributed by atoms with van der Waals surface area (Å²) in [6, 6.07) is 0.226. The second-order valence-electron chi connectivity index (χ2n) is 3.14. The Bertz CT molecular complexity index is 355. The Balaban J connectivity index is 3.00. The quantitative estimate of drug-likeness (QED) is 0.735. The highest BCUT2D eigenvalue weighted by Gasteiger charge is 1.99. The number of nitrogen functional groups attached to an aromatic ring is 1. The first-order valence-corrected chi connectivity index (χ1v) is 4.41.